The van der Waals surface area contributed by atoms with E-state index < -0.39 is 10.1 Å². The SMILES string of the molecule is CC12CCC(C(=Cc3ccc(-c4nc5ccc(S(=O)(=O)O)cc5[nH]4)cc3)C1=O)C2(C)C. The molecule has 2 saturated carbocycles. The highest BCUT2D eigenvalue weighted by atomic mass is 32.2. The molecule has 6 nitrogen and oxygen atoms in total. The van der Waals surface area contributed by atoms with Gasteiger partial charge in [0.05, 0.1) is 15.9 Å². The average Bonchev–Trinajstić information content (AvgIpc) is 3.27. The summed E-state index contributed by atoms with van der Waals surface area (Å²) in [4.78, 5) is 20.5. The van der Waals surface area contributed by atoms with Crippen LogP contribution in [0.15, 0.2) is 52.9 Å². The van der Waals surface area contributed by atoms with Crippen LogP contribution in [0.4, 0.5) is 0 Å². The summed E-state index contributed by atoms with van der Waals surface area (Å²) in [6.07, 6.45) is 4.05. The smallest absolute Gasteiger partial charge is 0.294 e. The number of aromatic nitrogens is 2. The number of aromatic amines is 1. The first-order chi connectivity index (χ1) is 14.5. The molecule has 2 unspecified atom stereocenters. The fourth-order valence-electron chi connectivity index (χ4n) is 5.30. The first-order valence-corrected chi connectivity index (χ1v) is 11.8. The van der Waals surface area contributed by atoms with Gasteiger partial charge in [-0.3, -0.25) is 9.35 Å². The van der Waals surface area contributed by atoms with Crippen molar-refractivity contribution < 1.29 is 17.8 Å². The number of hydrogen-bond donors (Lipinski definition) is 2. The van der Waals surface area contributed by atoms with Gasteiger partial charge in [0.15, 0.2) is 5.78 Å². The second-order valence-electron chi connectivity index (χ2n) is 9.44. The third-order valence-corrected chi connectivity index (χ3v) is 8.47. The summed E-state index contributed by atoms with van der Waals surface area (Å²) in [6, 6.07) is 12.0. The summed E-state index contributed by atoms with van der Waals surface area (Å²) in [5, 5.41) is 0. The Morgan fingerprint density at radius 3 is 2.45 bits per heavy atom. The number of allylic oxidation sites excluding steroid dienone is 1. The Hall–Kier alpha value is -2.77. The summed E-state index contributed by atoms with van der Waals surface area (Å²) < 4.78 is 31.9. The second kappa shape index (κ2) is 6.37. The summed E-state index contributed by atoms with van der Waals surface area (Å²) in [5.74, 6) is 1.19. The number of carbonyl (C=O) groups excluding carboxylic acids is 1. The van der Waals surface area contributed by atoms with Gasteiger partial charge in [0.1, 0.15) is 5.82 Å². The highest BCUT2D eigenvalue weighted by Gasteiger charge is 2.63. The summed E-state index contributed by atoms with van der Waals surface area (Å²) in [5.41, 5.74) is 3.62. The summed E-state index contributed by atoms with van der Waals surface area (Å²) >= 11 is 0. The standard InChI is InChI=1S/C24H24N2O4S/c1-23(2)18-10-11-24(23,3)21(27)17(18)12-14-4-6-15(7-5-14)22-25-19-9-8-16(31(28,29)30)13-20(19)26-22/h4-9,12-13,18H,10-11H2,1-3H3,(H,25,26)(H,28,29,30). The van der Waals surface area contributed by atoms with Gasteiger partial charge >= 0.3 is 0 Å². The number of benzene rings is 2. The van der Waals surface area contributed by atoms with E-state index in [0.717, 1.165) is 29.5 Å². The summed E-state index contributed by atoms with van der Waals surface area (Å²) in [7, 11) is -4.27. The summed E-state index contributed by atoms with van der Waals surface area (Å²) in [6.45, 7) is 6.53. The van der Waals surface area contributed by atoms with Gasteiger partial charge < -0.3 is 4.98 Å². The Labute approximate surface area is 181 Å². The maximum Gasteiger partial charge on any atom is 0.294 e. The number of H-pyrrole nitrogens is 1. The van der Waals surface area contributed by atoms with Gasteiger partial charge in [0, 0.05) is 11.0 Å². The maximum absolute atomic E-state index is 13.1. The first kappa shape index (κ1) is 20.2. The molecular formula is C24H24N2O4S. The predicted octanol–water partition coefficient (Wildman–Crippen LogP) is 4.89. The number of nitrogens with zero attached hydrogens (tertiary/aromatic N) is 1. The maximum atomic E-state index is 13.1. The fraction of sp³-hybridized carbons (Fsp3) is 0.333. The van der Waals surface area contributed by atoms with Crippen molar-refractivity contribution in [2.75, 3.05) is 0 Å². The van der Waals surface area contributed by atoms with Crippen molar-refractivity contribution in [3.8, 4) is 11.4 Å². The Balaban J connectivity index is 1.46. The zero-order chi connectivity index (χ0) is 22.2. The largest absolute Gasteiger partial charge is 0.338 e. The number of imidazole rings is 1. The van der Waals surface area contributed by atoms with E-state index >= 15 is 0 Å². The van der Waals surface area contributed by atoms with Crippen molar-refractivity contribution in [1.29, 1.82) is 0 Å². The Morgan fingerprint density at radius 2 is 1.84 bits per heavy atom. The minimum absolute atomic E-state index is 0.00889. The molecule has 2 aliphatic rings. The van der Waals surface area contributed by atoms with Crippen LogP contribution in [-0.4, -0.2) is 28.7 Å². The number of ketones is 1. The molecule has 2 fully saturated rings. The Morgan fingerprint density at radius 1 is 1.13 bits per heavy atom. The number of nitrogens with one attached hydrogen (secondary N) is 1. The van der Waals surface area contributed by atoms with Crippen LogP contribution in [0.1, 0.15) is 39.2 Å². The molecule has 31 heavy (non-hydrogen) atoms. The van der Waals surface area contributed by atoms with Crippen LogP contribution in [0, 0.1) is 16.7 Å². The molecule has 0 spiro atoms. The predicted molar refractivity (Wildman–Crippen MR) is 119 cm³/mol. The molecule has 160 valence electrons. The molecule has 2 N–H and O–H groups in total. The lowest BCUT2D eigenvalue weighted by atomic mass is 9.70. The van der Waals surface area contributed by atoms with Crippen LogP contribution in [0.3, 0.4) is 0 Å². The number of Topliss-reactive ketones (excluding diaryl/α,β-unsaturated/α-hetero) is 1. The molecule has 7 heteroatoms. The van der Waals surface area contributed by atoms with Gasteiger partial charge in [0.2, 0.25) is 0 Å². The van der Waals surface area contributed by atoms with Gasteiger partial charge in [-0.25, -0.2) is 4.98 Å². The van der Waals surface area contributed by atoms with Gasteiger partial charge in [-0.2, -0.15) is 8.42 Å². The van der Waals surface area contributed by atoms with Gasteiger partial charge in [-0.15, -0.1) is 0 Å². The molecule has 2 aromatic carbocycles. The molecular weight excluding hydrogens is 412 g/mol. The highest BCUT2D eigenvalue weighted by molar-refractivity contribution is 7.85. The van der Waals surface area contributed by atoms with E-state index in [1.807, 2.05) is 30.3 Å². The fourth-order valence-corrected chi connectivity index (χ4v) is 5.80. The van der Waals surface area contributed by atoms with Gasteiger partial charge in [0.25, 0.3) is 10.1 Å². The number of rotatable bonds is 3. The lowest BCUT2D eigenvalue weighted by Crippen LogP contribution is -2.32. The molecule has 2 atom stereocenters. The molecule has 0 saturated heterocycles. The van der Waals surface area contributed by atoms with E-state index in [-0.39, 0.29) is 21.5 Å². The normalized spacial score (nSPS) is 26.3. The topological polar surface area (TPSA) is 100 Å². The van der Waals surface area contributed by atoms with E-state index in [2.05, 4.69) is 30.7 Å². The average molecular weight is 437 g/mol. The van der Waals surface area contributed by atoms with Crippen LogP contribution in [-0.2, 0) is 14.9 Å². The number of carbonyl (C=O) groups is 1. The van der Waals surface area contributed by atoms with Crippen molar-refractivity contribution in [3.63, 3.8) is 0 Å². The van der Waals surface area contributed by atoms with E-state index in [1.54, 1.807) is 6.07 Å². The van der Waals surface area contributed by atoms with Crippen molar-refractivity contribution in [1.82, 2.24) is 9.97 Å². The van der Waals surface area contributed by atoms with E-state index in [4.69, 9.17) is 0 Å². The van der Waals surface area contributed by atoms with Crippen molar-refractivity contribution in [2.24, 2.45) is 16.7 Å². The molecule has 2 bridgehead atoms. The van der Waals surface area contributed by atoms with Crippen LogP contribution in [0.5, 0.6) is 0 Å². The molecule has 1 aromatic heterocycles. The van der Waals surface area contributed by atoms with Crippen molar-refractivity contribution in [2.45, 2.75) is 38.5 Å². The molecule has 5 rings (SSSR count). The van der Waals surface area contributed by atoms with E-state index in [9.17, 15) is 17.8 Å². The zero-order valence-corrected chi connectivity index (χ0v) is 18.5. The van der Waals surface area contributed by atoms with E-state index in [0.29, 0.717) is 22.8 Å². The van der Waals surface area contributed by atoms with E-state index in [1.165, 1.54) is 12.1 Å². The third kappa shape index (κ3) is 2.91. The Kier molecular flexibility index (Phi) is 4.14. The highest BCUT2D eigenvalue weighted by Crippen LogP contribution is 2.65. The quantitative estimate of drug-likeness (QED) is 0.450. The zero-order valence-electron chi connectivity index (χ0n) is 17.6. The molecule has 0 aliphatic heterocycles. The van der Waals surface area contributed by atoms with Crippen LogP contribution >= 0.6 is 0 Å². The lowest BCUT2D eigenvalue weighted by Gasteiger charge is -2.31. The molecule has 0 radical (unpaired) electrons. The van der Waals surface area contributed by atoms with Gasteiger partial charge in [-0.1, -0.05) is 45.0 Å². The van der Waals surface area contributed by atoms with Crippen molar-refractivity contribution >= 4 is 33.0 Å². The molecule has 0 amide bonds. The van der Waals surface area contributed by atoms with Crippen LogP contribution in [0.2, 0.25) is 0 Å². The van der Waals surface area contributed by atoms with Crippen molar-refractivity contribution in [3.05, 3.63) is 53.6 Å². The number of fused-ring (bicyclic) bond motifs is 3. The lowest BCUT2D eigenvalue weighted by molar-refractivity contribution is -0.125. The molecule has 2 aliphatic carbocycles. The first-order valence-electron chi connectivity index (χ1n) is 10.3. The number of hydrogen-bond acceptors (Lipinski definition) is 4. The van der Waals surface area contributed by atoms with Gasteiger partial charge in [-0.05, 0) is 59.6 Å². The van der Waals surface area contributed by atoms with Crippen LogP contribution < -0.4 is 0 Å². The van der Waals surface area contributed by atoms with Crippen LogP contribution in [0.25, 0.3) is 28.5 Å². The second-order valence-corrected chi connectivity index (χ2v) is 10.9. The molecule has 1 heterocycles. The monoisotopic (exact) mass is 436 g/mol. The minimum atomic E-state index is -4.27. The molecule has 3 aromatic rings. The third-order valence-electron chi connectivity index (χ3n) is 7.62. The Bertz CT molecular complexity index is 1370. The minimum Gasteiger partial charge on any atom is -0.338 e.